The van der Waals surface area contributed by atoms with Gasteiger partial charge in [0.25, 0.3) is 0 Å². The second-order valence-electron chi connectivity index (χ2n) is 11.0. The number of nitrogens with zero attached hydrogens (tertiary/aromatic N) is 1. The molecule has 5 nitrogen and oxygen atoms in total. The number of carbonyl (C=O) groups excluding carboxylic acids is 1. The minimum absolute atomic E-state index is 0.0385. The van der Waals surface area contributed by atoms with Crippen LogP contribution in [-0.2, 0) is 14.3 Å². The van der Waals surface area contributed by atoms with E-state index in [2.05, 4.69) is 18.7 Å². The van der Waals surface area contributed by atoms with Crippen molar-refractivity contribution in [3.8, 4) is 0 Å². The Bertz CT molecular complexity index is 836. The van der Waals surface area contributed by atoms with Gasteiger partial charge in [0, 0.05) is 29.2 Å². The van der Waals surface area contributed by atoms with E-state index in [-0.39, 0.29) is 46.9 Å². The fraction of sp³-hybridized carbons (Fsp3) is 0.870. The van der Waals surface area contributed by atoms with Gasteiger partial charge in [-0.15, -0.1) is 0 Å². The maximum atomic E-state index is 12.9. The van der Waals surface area contributed by atoms with Crippen LogP contribution < -0.4 is 0 Å². The SMILES string of the molecule is COC(=O)[C@@H]1C[C@]23C4=C(CC[C@@H]5CN6[C@H]7OC(C[C@H]([C@@H]7C)[C@]62O)[C@@]53C)CC[C@@H]41. The van der Waals surface area contributed by atoms with Gasteiger partial charge in [-0.05, 0) is 50.4 Å². The molecule has 3 aliphatic heterocycles. The highest BCUT2D eigenvalue weighted by atomic mass is 16.5. The molecule has 0 aromatic heterocycles. The van der Waals surface area contributed by atoms with Gasteiger partial charge in [-0.3, -0.25) is 4.79 Å². The molecule has 10 atom stereocenters. The minimum atomic E-state index is -0.869. The van der Waals surface area contributed by atoms with Crippen LogP contribution in [0.3, 0.4) is 0 Å². The first-order valence-electron chi connectivity index (χ1n) is 11.3. The number of allylic oxidation sites excluding steroid dienone is 1. The van der Waals surface area contributed by atoms with Crippen molar-refractivity contribution in [2.24, 2.45) is 40.4 Å². The fourth-order valence-corrected chi connectivity index (χ4v) is 9.92. The molecule has 1 spiro atoms. The minimum Gasteiger partial charge on any atom is -0.469 e. The van der Waals surface area contributed by atoms with E-state index in [0.717, 1.165) is 38.6 Å². The van der Waals surface area contributed by atoms with Crippen LogP contribution in [-0.4, -0.2) is 47.7 Å². The van der Waals surface area contributed by atoms with E-state index in [4.69, 9.17) is 9.47 Å². The molecule has 3 saturated heterocycles. The molecule has 152 valence electrons. The summed E-state index contributed by atoms with van der Waals surface area (Å²) in [6.07, 6.45) is 6.45. The molecule has 4 aliphatic carbocycles. The Morgan fingerprint density at radius 3 is 2.89 bits per heavy atom. The van der Waals surface area contributed by atoms with Crippen LogP contribution in [0.4, 0.5) is 0 Å². The summed E-state index contributed by atoms with van der Waals surface area (Å²) in [5.74, 6) is 1.20. The zero-order chi connectivity index (χ0) is 19.2. The van der Waals surface area contributed by atoms with E-state index in [1.165, 1.54) is 19.1 Å². The summed E-state index contributed by atoms with van der Waals surface area (Å²) >= 11 is 0. The molecule has 3 heterocycles. The van der Waals surface area contributed by atoms with Crippen LogP contribution in [0.5, 0.6) is 0 Å². The summed E-state index contributed by atoms with van der Waals surface area (Å²) in [7, 11) is 1.52. The number of hydrogen-bond acceptors (Lipinski definition) is 5. The number of methoxy groups -OCH3 is 1. The molecule has 5 fully saturated rings. The molecule has 7 aliphatic rings. The summed E-state index contributed by atoms with van der Waals surface area (Å²) in [4.78, 5) is 15.2. The molecule has 0 aromatic rings. The van der Waals surface area contributed by atoms with E-state index in [0.29, 0.717) is 11.8 Å². The molecule has 7 bridgehead atoms. The maximum Gasteiger partial charge on any atom is 0.309 e. The number of rotatable bonds is 1. The monoisotopic (exact) mass is 385 g/mol. The molecule has 5 heteroatoms. The molecule has 2 saturated carbocycles. The van der Waals surface area contributed by atoms with Gasteiger partial charge in [0.2, 0.25) is 0 Å². The number of ether oxygens (including phenoxy) is 2. The van der Waals surface area contributed by atoms with Crippen molar-refractivity contribution in [1.29, 1.82) is 0 Å². The summed E-state index contributed by atoms with van der Waals surface area (Å²) in [6.45, 7) is 5.64. The van der Waals surface area contributed by atoms with Crippen LogP contribution in [0.2, 0.25) is 0 Å². The molecule has 1 N–H and O–H groups in total. The van der Waals surface area contributed by atoms with Gasteiger partial charge in [0.1, 0.15) is 12.0 Å². The van der Waals surface area contributed by atoms with Crippen molar-refractivity contribution in [2.75, 3.05) is 13.7 Å². The van der Waals surface area contributed by atoms with Gasteiger partial charge in [0.15, 0.2) is 0 Å². The lowest BCUT2D eigenvalue weighted by Crippen LogP contribution is -2.76. The van der Waals surface area contributed by atoms with Gasteiger partial charge < -0.3 is 14.6 Å². The first-order valence-corrected chi connectivity index (χ1v) is 11.3. The second-order valence-corrected chi connectivity index (χ2v) is 11.0. The Morgan fingerprint density at radius 1 is 1.32 bits per heavy atom. The van der Waals surface area contributed by atoms with E-state index in [9.17, 15) is 9.90 Å². The van der Waals surface area contributed by atoms with Crippen molar-refractivity contribution in [3.05, 3.63) is 11.1 Å². The third-order valence-corrected chi connectivity index (χ3v) is 10.9. The Hall–Kier alpha value is -0.910. The topological polar surface area (TPSA) is 59.0 Å². The third-order valence-electron chi connectivity index (χ3n) is 10.9. The summed E-state index contributed by atoms with van der Waals surface area (Å²) in [6, 6.07) is 0. The van der Waals surface area contributed by atoms with E-state index in [1.807, 2.05) is 0 Å². The molecule has 7 rings (SSSR count). The molecular weight excluding hydrogens is 354 g/mol. The van der Waals surface area contributed by atoms with Crippen molar-refractivity contribution in [1.82, 2.24) is 4.90 Å². The normalized spacial score (nSPS) is 60.4. The Kier molecular flexibility index (Phi) is 2.83. The van der Waals surface area contributed by atoms with Gasteiger partial charge in [0.05, 0.1) is 19.1 Å². The molecule has 28 heavy (non-hydrogen) atoms. The lowest BCUT2D eigenvalue weighted by molar-refractivity contribution is -0.298. The number of piperidine rings is 1. The number of esters is 1. The van der Waals surface area contributed by atoms with Crippen LogP contribution >= 0.6 is 0 Å². The Labute approximate surface area is 166 Å². The highest BCUT2D eigenvalue weighted by Crippen LogP contribution is 2.82. The average Bonchev–Trinajstić information content (AvgIpc) is 3.21. The highest BCUT2D eigenvalue weighted by molar-refractivity contribution is 5.75. The predicted molar refractivity (Wildman–Crippen MR) is 101 cm³/mol. The number of aliphatic hydroxyl groups is 1. The number of carbonyl (C=O) groups is 1. The van der Waals surface area contributed by atoms with Crippen LogP contribution in [0.15, 0.2) is 11.1 Å². The lowest BCUT2D eigenvalue weighted by Gasteiger charge is -2.69. The Balaban J connectivity index is 1.56. The van der Waals surface area contributed by atoms with E-state index in [1.54, 1.807) is 5.57 Å². The maximum absolute atomic E-state index is 12.9. The van der Waals surface area contributed by atoms with Gasteiger partial charge in [-0.2, -0.15) is 0 Å². The molecule has 1 unspecified atom stereocenters. The number of fused-ring (bicyclic) bond motifs is 3. The van der Waals surface area contributed by atoms with Crippen LogP contribution in [0.1, 0.15) is 52.4 Å². The largest absolute Gasteiger partial charge is 0.469 e. The van der Waals surface area contributed by atoms with Gasteiger partial charge in [-0.25, -0.2) is 4.90 Å². The van der Waals surface area contributed by atoms with Gasteiger partial charge >= 0.3 is 5.97 Å². The predicted octanol–water partition coefficient (Wildman–Crippen LogP) is 2.69. The smallest absolute Gasteiger partial charge is 0.309 e. The zero-order valence-corrected chi connectivity index (χ0v) is 17.1. The van der Waals surface area contributed by atoms with Crippen molar-refractivity contribution >= 4 is 5.97 Å². The highest BCUT2D eigenvalue weighted by Gasteiger charge is 2.86. The number of hydrogen-bond donors (Lipinski definition) is 1. The molecule has 0 radical (unpaired) electrons. The van der Waals surface area contributed by atoms with Crippen molar-refractivity contribution in [2.45, 2.75) is 70.4 Å². The Morgan fingerprint density at radius 2 is 2.11 bits per heavy atom. The quantitative estimate of drug-likeness (QED) is 0.556. The fourth-order valence-electron chi connectivity index (χ4n) is 9.92. The second kappa shape index (κ2) is 4.70. The molecular formula is C23H31NO4. The van der Waals surface area contributed by atoms with Crippen molar-refractivity contribution < 1.29 is 19.4 Å². The standard InChI is InChI=1S/C23H31NO4/c1-11-16-8-17-21(2)13-6-4-12-5-7-14-15(20(25)27-3)9-22(21,18(12)14)23(16,26)24(10-13)19(11)28-17/h11,13-17,19,26H,4-10H2,1-3H3/t11-,13+,14+,15+,16+,17?,19-,21+,22+,23+/m0/s1. The average molecular weight is 386 g/mol. The third kappa shape index (κ3) is 1.34. The molecule has 0 amide bonds. The van der Waals surface area contributed by atoms with Crippen LogP contribution in [0, 0.1) is 40.4 Å². The zero-order valence-electron chi connectivity index (χ0n) is 17.1. The summed E-state index contributed by atoms with van der Waals surface area (Å²) in [5, 5.41) is 12.7. The first kappa shape index (κ1) is 16.8. The summed E-state index contributed by atoms with van der Waals surface area (Å²) < 4.78 is 12.1. The first-order chi connectivity index (χ1) is 13.4. The summed E-state index contributed by atoms with van der Waals surface area (Å²) in [5.41, 5.74) is 1.74. The van der Waals surface area contributed by atoms with Crippen molar-refractivity contribution in [3.63, 3.8) is 0 Å². The lowest BCUT2D eigenvalue weighted by atomic mass is 9.41. The molecule has 0 aromatic carbocycles. The van der Waals surface area contributed by atoms with Crippen LogP contribution in [0.25, 0.3) is 0 Å². The van der Waals surface area contributed by atoms with E-state index >= 15 is 0 Å². The van der Waals surface area contributed by atoms with E-state index < -0.39 is 5.72 Å². The van der Waals surface area contributed by atoms with Gasteiger partial charge in [-0.1, -0.05) is 25.0 Å².